The van der Waals surface area contributed by atoms with Gasteiger partial charge in [0.1, 0.15) is 30.5 Å². The van der Waals surface area contributed by atoms with Gasteiger partial charge in [-0.25, -0.2) is 4.18 Å². The summed E-state index contributed by atoms with van der Waals surface area (Å²) >= 11 is 0. The van der Waals surface area contributed by atoms with Crippen LogP contribution >= 0.6 is 0 Å². The van der Waals surface area contributed by atoms with E-state index in [1.54, 1.807) is 6.08 Å². The molecule has 0 aromatic carbocycles. The molecule has 8 atom stereocenters. The SMILES string of the molecule is CCCCCCCCCCCCCCCCCC/C=C/C(O)C(COC1OC(CO)C(O)C(OS(=O)(=O)O)C1O)NC(=O)C(O)CCCCCCCCCCCCCCCC. The number of amides is 1. The fraction of sp³-hybridized carbons (Fsp3) is 0.936. The van der Waals surface area contributed by atoms with Crippen LogP contribution in [0.4, 0.5) is 0 Å². The minimum atomic E-state index is -5.12. The van der Waals surface area contributed by atoms with Gasteiger partial charge in [-0.15, -0.1) is 0 Å². The number of carbonyl (C=O) groups is 1. The highest BCUT2D eigenvalue weighted by atomic mass is 32.3. The number of aliphatic hydroxyl groups excluding tert-OH is 5. The van der Waals surface area contributed by atoms with Crippen molar-refractivity contribution < 1.29 is 57.0 Å². The molecule has 0 aliphatic carbocycles. The number of hydrogen-bond donors (Lipinski definition) is 7. The summed E-state index contributed by atoms with van der Waals surface area (Å²) in [6.45, 7) is 3.23. The molecule has 61 heavy (non-hydrogen) atoms. The van der Waals surface area contributed by atoms with Crippen LogP contribution in [0.3, 0.4) is 0 Å². The Hall–Kier alpha value is -1.20. The van der Waals surface area contributed by atoms with Crippen molar-refractivity contribution in [3.05, 3.63) is 12.2 Å². The predicted octanol–water partition coefficient (Wildman–Crippen LogP) is 8.92. The number of carbonyl (C=O) groups excluding carboxylic acids is 1. The second-order valence-electron chi connectivity index (χ2n) is 17.6. The van der Waals surface area contributed by atoms with Gasteiger partial charge < -0.3 is 40.3 Å². The Kier molecular flexibility index (Phi) is 36.1. The number of hydrogen-bond acceptors (Lipinski definition) is 11. The molecule has 1 saturated heterocycles. The molecule has 0 spiro atoms. The normalized spacial score (nSPS) is 21.2. The maximum absolute atomic E-state index is 13.1. The molecule has 0 radical (unpaired) electrons. The lowest BCUT2D eigenvalue weighted by Gasteiger charge is -2.41. The number of nitrogens with one attached hydrogen (secondary N) is 1. The van der Waals surface area contributed by atoms with Crippen molar-refractivity contribution in [3.63, 3.8) is 0 Å². The summed E-state index contributed by atoms with van der Waals surface area (Å²) in [4.78, 5) is 13.1. The fourth-order valence-corrected chi connectivity index (χ4v) is 8.50. The maximum Gasteiger partial charge on any atom is 0.397 e. The van der Waals surface area contributed by atoms with Gasteiger partial charge in [0.15, 0.2) is 6.29 Å². The summed E-state index contributed by atoms with van der Waals surface area (Å²) in [6.07, 6.45) is 30.0. The largest absolute Gasteiger partial charge is 0.397 e. The molecule has 1 aliphatic heterocycles. The topological polar surface area (TPSA) is 212 Å². The van der Waals surface area contributed by atoms with E-state index in [0.29, 0.717) is 12.8 Å². The third-order valence-corrected chi connectivity index (χ3v) is 12.4. The Morgan fingerprint density at radius 2 is 1.07 bits per heavy atom. The van der Waals surface area contributed by atoms with Gasteiger partial charge in [-0.1, -0.05) is 212 Å². The first kappa shape index (κ1) is 57.8. The quantitative estimate of drug-likeness (QED) is 0.0174. The zero-order valence-electron chi connectivity index (χ0n) is 38.4. The second kappa shape index (κ2) is 38.1. The van der Waals surface area contributed by atoms with Crippen LogP contribution in [-0.4, -0.2) is 107 Å². The molecule has 13 nitrogen and oxygen atoms in total. The van der Waals surface area contributed by atoms with E-state index in [0.717, 1.165) is 38.5 Å². The molecule has 1 amide bonds. The first-order valence-corrected chi connectivity index (χ1v) is 26.0. The van der Waals surface area contributed by atoms with E-state index in [4.69, 9.17) is 9.47 Å². The van der Waals surface area contributed by atoms with E-state index in [2.05, 4.69) is 23.3 Å². The molecule has 0 aromatic rings. The Morgan fingerprint density at radius 3 is 1.48 bits per heavy atom. The van der Waals surface area contributed by atoms with Crippen molar-refractivity contribution in [1.29, 1.82) is 0 Å². The standard InChI is InChI=1S/C47H91NO12S/c1-3-5-7-9-11-13-15-17-19-20-21-22-24-25-27-29-31-33-35-40(50)39(38-58-47-44(53)45(60-61(55,56)57)43(52)42(37-49)59-47)48-46(54)41(51)36-34-32-30-28-26-23-18-16-14-12-10-8-6-4-2/h33,35,39-45,47,49-53H,3-32,34,36-38H2,1-2H3,(H,48,54)(H,55,56,57)/b35-33+. The summed E-state index contributed by atoms with van der Waals surface area (Å²) in [5, 5.41) is 55.3. The average molecular weight is 894 g/mol. The molecule has 1 heterocycles. The van der Waals surface area contributed by atoms with Crippen LogP contribution in [0.15, 0.2) is 12.2 Å². The third-order valence-electron chi connectivity index (χ3n) is 11.9. The summed E-state index contributed by atoms with van der Waals surface area (Å²) in [5.74, 6) is -0.699. The van der Waals surface area contributed by atoms with Gasteiger partial charge in [-0.2, -0.15) is 8.42 Å². The number of ether oxygens (including phenoxy) is 2. The number of allylic oxidation sites excluding steroid dienone is 1. The van der Waals surface area contributed by atoms with Crippen molar-refractivity contribution >= 4 is 16.3 Å². The highest BCUT2D eigenvalue weighted by Gasteiger charge is 2.48. The van der Waals surface area contributed by atoms with Gasteiger partial charge >= 0.3 is 10.4 Å². The smallest absolute Gasteiger partial charge is 0.394 e. The van der Waals surface area contributed by atoms with Gasteiger partial charge in [0, 0.05) is 0 Å². The van der Waals surface area contributed by atoms with Gasteiger partial charge in [-0.05, 0) is 19.3 Å². The Labute approximate surface area is 371 Å². The van der Waals surface area contributed by atoms with Crippen LogP contribution in [0.1, 0.15) is 219 Å². The van der Waals surface area contributed by atoms with E-state index in [1.165, 1.54) is 148 Å². The van der Waals surface area contributed by atoms with Crippen LogP contribution in [0.2, 0.25) is 0 Å². The Morgan fingerprint density at radius 1 is 0.656 bits per heavy atom. The molecular formula is C47H91NO12S. The maximum atomic E-state index is 13.1. The summed E-state index contributed by atoms with van der Waals surface area (Å²) < 4.78 is 47.6. The van der Waals surface area contributed by atoms with Crippen molar-refractivity contribution in [2.75, 3.05) is 13.2 Å². The Balaban J connectivity index is 2.55. The minimum absolute atomic E-state index is 0.248. The van der Waals surface area contributed by atoms with E-state index >= 15 is 0 Å². The van der Waals surface area contributed by atoms with Crippen molar-refractivity contribution in [2.24, 2.45) is 0 Å². The number of rotatable bonds is 42. The monoisotopic (exact) mass is 894 g/mol. The van der Waals surface area contributed by atoms with Crippen LogP contribution in [-0.2, 0) is 28.9 Å². The highest BCUT2D eigenvalue weighted by molar-refractivity contribution is 7.80. The van der Waals surface area contributed by atoms with E-state index in [9.17, 15) is 43.3 Å². The second-order valence-corrected chi connectivity index (χ2v) is 18.6. The first-order chi connectivity index (χ1) is 29.4. The van der Waals surface area contributed by atoms with Crippen LogP contribution < -0.4 is 5.32 Å². The van der Waals surface area contributed by atoms with Crippen LogP contribution in [0.5, 0.6) is 0 Å². The summed E-state index contributed by atoms with van der Waals surface area (Å²) in [6, 6.07) is -1.11. The lowest BCUT2D eigenvalue weighted by molar-refractivity contribution is -0.298. The van der Waals surface area contributed by atoms with Crippen LogP contribution in [0.25, 0.3) is 0 Å². The number of aliphatic hydroxyl groups is 5. The molecule has 1 fully saturated rings. The van der Waals surface area contributed by atoms with Gasteiger partial charge in [-0.3, -0.25) is 9.35 Å². The fourth-order valence-electron chi connectivity index (χ4n) is 7.99. The molecular weight excluding hydrogens is 803 g/mol. The van der Waals surface area contributed by atoms with Gasteiger partial charge in [0.25, 0.3) is 0 Å². The van der Waals surface area contributed by atoms with Crippen molar-refractivity contribution in [2.45, 2.75) is 268 Å². The summed E-state index contributed by atoms with van der Waals surface area (Å²) in [5.41, 5.74) is 0. The molecule has 8 unspecified atom stereocenters. The van der Waals surface area contributed by atoms with Gasteiger partial charge in [0.2, 0.25) is 5.91 Å². The highest BCUT2D eigenvalue weighted by Crippen LogP contribution is 2.26. The molecule has 362 valence electrons. The Bertz CT molecular complexity index is 1160. The first-order valence-electron chi connectivity index (χ1n) is 24.7. The zero-order chi connectivity index (χ0) is 45.0. The molecule has 1 rings (SSSR count). The molecule has 14 heteroatoms. The van der Waals surface area contributed by atoms with E-state index in [-0.39, 0.29) is 6.42 Å². The molecule has 0 bridgehead atoms. The minimum Gasteiger partial charge on any atom is -0.394 e. The number of unbranched alkanes of at least 4 members (excludes halogenated alkanes) is 29. The van der Waals surface area contributed by atoms with Gasteiger partial charge in [0.05, 0.1) is 25.4 Å². The van der Waals surface area contributed by atoms with E-state index < -0.39 is 78.5 Å². The van der Waals surface area contributed by atoms with Crippen LogP contribution in [0, 0.1) is 0 Å². The lowest BCUT2D eigenvalue weighted by Crippen LogP contribution is -2.61. The summed E-state index contributed by atoms with van der Waals surface area (Å²) in [7, 11) is -5.12. The van der Waals surface area contributed by atoms with E-state index in [1.807, 2.05) is 6.08 Å². The van der Waals surface area contributed by atoms with Crippen molar-refractivity contribution in [1.82, 2.24) is 5.32 Å². The third kappa shape index (κ3) is 30.6. The molecule has 7 N–H and O–H groups in total. The lowest BCUT2D eigenvalue weighted by atomic mass is 9.99. The average Bonchev–Trinajstić information content (AvgIpc) is 3.23. The predicted molar refractivity (Wildman–Crippen MR) is 242 cm³/mol. The van der Waals surface area contributed by atoms with Crippen molar-refractivity contribution in [3.8, 4) is 0 Å². The molecule has 0 saturated carbocycles. The molecule has 0 aromatic heterocycles. The molecule has 1 aliphatic rings. The zero-order valence-corrected chi connectivity index (χ0v) is 39.2.